The predicted molar refractivity (Wildman–Crippen MR) is 55.5 cm³/mol. The summed E-state index contributed by atoms with van der Waals surface area (Å²) < 4.78 is 4.95. The second-order valence-electron chi connectivity index (χ2n) is 3.83. The van der Waals surface area contributed by atoms with Crippen LogP contribution in [0, 0.1) is 11.8 Å². The summed E-state index contributed by atoms with van der Waals surface area (Å²) in [7, 11) is 0. The first kappa shape index (κ1) is 11.8. The zero-order valence-electron chi connectivity index (χ0n) is 8.98. The van der Waals surface area contributed by atoms with Crippen molar-refractivity contribution in [2.75, 3.05) is 6.61 Å². The highest BCUT2D eigenvalue weighted by Gasteiger charge is 2.28. The molecule has 1 aliphatic rings. The molecular formula is C10H18N2O3. The summed E-state index contributed by atoms with van der Waals surface area (Å²) >= 11 is 0. The summed E-state index contributed by atoms with van der Waals surface area (Å²) in [5.41, 5.74) is 5.51. The van der Waals surface area contributed by atoms with Crippen molar-refractivity contribution in [1.29, 1.82) is 0 Å². The highest BCUT2D eigenvalue weighted by atomic mass is 16.5. The molecule has 0 aromatic carbocycles. The van der Waals surface area contributed by atoms with Crippen molar-refractivity contribution in [3.8, 4) is 0 Å². The van der Waals surface area contributed by atoms with Crippen LogP contribution in [0.2, 0.25) is 0 Å². The maximum Gasteiger partial charge on any atom is 0.308 e. The molecular weight excluding hydrogens is 196 g/mol. The molecule has 1 saturated carbocycles. The van der Waals surface area contributed by atoms with Gasteiger partial charge in [0.05, 0.1) is 12.5 Å². The molecule has 5 nitrogen and oxygen atoms in total. The Morgan fingerprint density at radius 2 is 1.93 bits per heavy atom. The second-order valence-corrected chi connectivity index (χ2v) is 3.83. The highest BCUT2D eigenvalue weighted by Crippen LogP contribution is 2.29. The number of nitrogens with zero attached hydrogens (tertiary/aromatic N) is 1. The van der Waals surface area contributed by atoms with Crippen LogP contribution in [0.4, 0.5) is 0 Å². The molecule has 0 aromatic heterocycles. The van der Waals surface area contributed by atoms with E-state index >= 15 is 0 Å². The molecule has 0 heterocycles. The van der Waals surface area contributed by atoms with Crippen molar-refractivity contribution in [1.82, 2.24) is 0 Å². The first-order chi connectivity index (χ1) is 7.19. The molecule has 0 spiro atoms. The fraction of sp³-hybridized carbons (Fsp3) is 0.800. The van der Waals surface area contributed by atoms with E-state index < -0.39 is 0 Å². The maximum absolute atomic E-state index is 11.4. The lowest BCUT2D eigenvalue weighted by atomic mass is 9.81. The van der Waals surface area contributed by atoms with Crippen LogP contribution in [0.3, 0.4) is 0 Å². The molecule has 3 N–H and O–H groups in total. The third-order valence-corrected chi connectivity index (χ3v) is 2.88. The van der Waals surface area contributed by atoms with Crippen molar-refractivity contribution in [3.05, 3.63) is 0 Å². The summed E-state index contributed by atoms with van der Waals surface area (Å²) in [6.07, 6.45) is 3.11. The minimum Gasteiger partial charge on any atom is -0.466 e. The molecule has 1 fully saturated rings. The molecule has 0 amide bonds. The van der Waals surface area contributed by atoms with Crippen LogP contribution in [-0.4, -0.2) is 23.6 Å². The van der Waals surface area contributed by atoms with Crippen LogP contribution in [0.25, 0.3) is 0 Å². The van der Waals surface area contributed by atoms with E-state index in [4.69, 9.17) is 15.7 Å². The van der Waals surface area contributed by atoms with Crippen LogP contribution < -0.4 is 5.73 Å². The Balaban J connectivity index is 2.39. The Morgan fingerprint density at radius 3 is 2.40 bits per heavy atom. The van der Waals surface area contributed by atoms with Crippen LogP contribution in [0.5, 0.6) is 0 Å². The largest absolute Gasteiger partial charge is 0.466 e. The fourth-order valence-corrected chi connectivity index (χ4v) is 1.97. The summed E-state index contributed by atoms with van der Waals surface area (Å²) in [5.74, 6) is 0.265. The topological polar surface area (TPSA) is 84.9 Å². The number of carbonyl (C=O) groups is 1. The Hall–Kier alpha value is -1.26. The average molecular weight is 214 g/mol. The van der Waals surface area contributed by atoms with E-state index in [2.05, 4.69) is 5.16 Å². The Kier molecular flexibility index (Phi) is 4.39. The number of amidine groups is 1. The third kappa shape index (κ3) is 3.11. The number of hydrogen-bond donors (Lipinski definition) is 2. The molecule has 0 aromatic rings. The van der Waals surface area contributed by atoms with Gasteiger partial charge in [0, 0.05) is 5.92 Å². The summed E-state index contributed by atoms with van der Waals surface area (Å²) in [6, 6.07) is 0. The van der Waals surface area contributed by atoms with Crippen molar-refractivity contribution >= 4 is 11.8 Å². The Morgan fingerprint density at radius 1 is 1.40 bits per heavy atom. The minimum atomic E-state index is -0.115. The highest BCUT2D eigenvalue weighted by molar-refractivity contribution is 5.82. The van der Waals surface area contributed by atoms with E-state index in [0.29, 0.717) is 6.61 Å². The molecule has 0 unspecified atom stereocenters. The van der Waals surface area contributed by atoms with Gasteiger partial charge in [0.25, 0.3) is 0 Å². The van der Waals surface area contributed by atoms with Crippen LogP contribution in [0.1, 0.15) is 32.6 Å². The maximum atomic E-state index is 11.4. The van der Waals surface area contributed by atoms with E-state index in [0.717, 1.165) is 25.7 Å². The minimum absolute atomic E-state index is 0.00677. The number of esters is 1. The zero-order valence-corrected chi connectivity index (χ0v) is 8.98. The van der Waals surface area contributed by atoms with Crippen LogP contribution >= 0.6 is 0 Å². The van der Waals surface area contributed by atoms with E-state index in [1.807, 2.05) is 0 Å². The molecule has 5 heteroatoms. The Labute approximate surface area is 89.3 Å². The van der Waals surface area contributed by atoms with E-state index in [1.165, 1.54) is 0 Å². The van der Waals surface area contributed by atoms with Gasteiger partial charge in [-0.25, -0.2) is 0 Å². The fourth-order valence-electron chi connectivity index (χ4n) is 1.97. The Bertz CT molecular complexity index is 245. The monoisotopic (exact) mass is 214 g/mol. The first-order valence-corrected chi connectivity index (χ1v) is 5.33. The molecule has 0 radical (unpaired) electrons. The number of carbonyl (C=O) groups excluding carboxylic acids is 1. The zero-order chi connectivity index (χ0) is 11.3. The van der Waals surface area contributed by atoms with Crippen LogP contribution in [0.15, 0.2) is 5.16 Å². The van der Waals surface area contributed by atoms with Crippen molar-refractivity contribution in [3.63, 3.8) is 0 Å². The number of hydrogen-bond acceptors (Lipinski definition) is 4. The lowest BCUT2D eigenvalue weighted by Gasteiger charge is -2.25. The summed E-state index contributed by atoms with van der Waals surface area (Å²) in [6.45, 7) is 2.24. The number of oxime groups is 1. The lowest BCUT2D eigenvalue weighted by molar-refractivity contribution is -0.149. The second kappa shape index (κ2) is 5.58. The van der Waals surface area contributed by atoms with Gasteiger partial charge in [-0.15, -0.1) is 0 Å². The van der Waals surface area contributed by atoms with Gasteiger partial charge >= 0.3 is 5.97 Å². The van der Waals surface area contributed by atoms with Gasteiger partial charge in [0.15, 0.2) is 0 Å². The smallest absolute Gasteiger partial charge is 0.308 e. The standard InChI is InChI=1S/C10H18N2O3/c1-2-15-10(13)8-5-3-7(4-6-8)9(11)12-14/h7-8,14H,2-6H2,1H3,(H2,11,12). The van der Waals surface area contributed by atoms with E-state index in [1.54, 1.807) is 6.92 Å². The number of rotatable bonds is 3. The molecule has 0 saturated heterocycles. The van der Waals surface area contributed by atoms with Gasteiger partial charge in [-0.1, -0.05) is 5.16 Å². The molecule has 1 rings (SSSR count). The van der Waals surface area contributed by atoms with Gasteiger partial charge in [-0.05, 0) is 32.6 Å². The van der Waals surface area contributed by atoms with Crippen LogP contribution in [-0.2, 0) is 9.53 Å². The van der Waals surface area contributed by atoms with Gasteiger partial charge in [-0.2, -0.15) is 0 Å². The van der Waals surface area contributed by atoms with E-state index in [-0.39, 0.29) is 23.6 Å². The molecule has 1 aliphatic carbocycles. The quantitative estimate of drug-likeness (QED) is 0.242. The van der Waals surface area contributed by atoms with E-state index in [9.17, 15) is 4.79 Å². The van der Waals surface area contributed by atoms with Gasteiger partial charge in [0.1, 0.15) is 5.84 Å². The summed E-state index contributed by atoms with van der Waals surface area (Å²) in [5, 5.41) is 11.5. The first-order valence-electron chi connectivity index (χ1n) is 5.33. The average Bonchev–Trinajstić information content (AvgIpc) is 2.28. The van der Waals surface area contributed by atoms with Crippen molar-refractivity contribution < 1.29 is 14.7 Å². The predicted octanol–water partition coefficient (Wildman–Crippen LogP) is 1.10. The van der Waals surface area contributed by atoms with Gasteiger partial charge < -0.3 is 15.7 Å². The van der Waals surface area contributed by atoms with Gasteiger partial charge in [-0.3, -0.25) is 4.79 Å². The molecule has 86 valence electrons. The molecule has 0 bridgehead atoms. The third-order valence-electron chi connectivity index (χ3n) is 2.88. The molecule has 0 atom stereocenters. The lowest BCUT2D eigenvalue weighted by Crippen LogP contribution is -2.31. The molecule has 0 aliphatic heterocycles. The summed E-state index contributed by atoms with van der Waals surface area (Å²) in [4.78, 5) is 11.4. The molecule has 15 heavy (non-hydrogen) atoms. The van der Waals surface area contributed by atoms with Gasteiger partial charge in [0.2, 0.25) is 0 Å². The SMILES string of the molecule is CCOC(=O)C1CCC(/C(N)=N/O)CC1. The van der Waals surface area contributed by atoms with Crippen molar-refractivity contribution in [2.24, 2.45) is 22.7 Å². The van der Waals surface area contributed by atoms with Crippen molar-refractivity contribution in [2.45, 2.75) is 32.6 Å². The normalized spacial score (nSPS) is 27.4. The number of ether oxygens (including phenoxy) is 1. The number of nitrogens with two attached hydrogens (primary N) is 1.